The SMILES string of the molecule is Cc1nnc(C(C)C)n1C1CC2N(CC[C@H](N)c3ccccc3)C3CCC321. The first kappa shape index (κ1) is 17.4. The Morgan fingerprint density at radius 1 is 1.15 bits per heavy atom. The molecule has 1 aromatic heterocycles. The quantitative estimate of drug-likeness (QED) is 0.850. The normalized spacial score (nSPS) is 32.9. The van der Waals surface area contributed by atoms with Gasteiger partial charge in [-0.05, 0) is 38.2 Å². The summed E-state index contributed by atoms with van der Waals surface area (Å²) >= 11 is 0. The van der Waals surface area contributed by atoms with Crippen molar-refractivity contribution in [3.05, 3.63) is 47.5 Å². The van der Waals surface area contributed by atoms with Gasteiger partial charge in [-0.1, -0.05) is 44.2 Å². The summed E-state index contributed by atoms with van der Waals surface area (Å²) in [7, 11) is 0. The van der Waals surface area contributed by atoms with Gasteiger partial charge in [0.2, 0.25) is 0 Å². The maximum atomic E-state index is 6.45. The second-order valence-electron chi connectivity index (χ2n) is 9.11. The van der Waals surface area contributed by atoms with Crippen LogP contribution in [0, 0.1) is 12.3 Å². The Morgan fingerprint density at radius 2 is 1.93 bits per heavy atom. The summed E-state index contributed by atoms with van der Waals surface area (Å²) in [6.45, 7) is 7.69. The zero-order chi connectivity index (χ0) is 18.8. The lowest BCUT2D eigenvalue weighted by Crippen LogP contribution is -2.85. The average Bonchev–Trinajstić information content (AvgIpc) is 3.00. The van der Waals surface area contributed by atoms with E-state index >= 15 is 0 Å². The predicted octanol–water partition coefficient (Wildman–Crippen LogP) is 3.58. The zero-order valence-corrected chi connectivity index (χ0v) is 16.7. The highest BCUT2D eigenvalue weighted by atomic mass is 15.4. The van der Waals surface area contributed by atoms with Gasteiger partial charge in [-0.25, -0.2) is 0 Å². The van der Waals surface area contributed by atoms with Crippen molar-refractivity contribution in [1.29, 1.82) is 0 Å². The van der Waals surface area contributed by atoms with Crippen molar-refractivity contribution in [3.8, 4) is 0 Å². The summed E-state index contributed by atoms with van der Waals surface area (Å²) in [5.74, 6) is 2.69. The topological polar surface area (TPSA) is 60.0 Å². The third kappa shape index (κ3) is 2.31. The van der Waals surface area contributed by atoms with Gasteiger partial charge in [0, 0.05) is 42.0 Å². The van der Waals surface area contributed by atoms with E-state index in [4.69, 9.17) is 5.73 Å². The second-order valence-corrected chi connectivity index (χ2v) is 9.11. The molecule has 1 saturated heterocycles. The number of piperidine rings is 2. The van der Waals surface area contributed by atoms with E-state index in [0.29, 0.717) is 17.4 Å². The summed E-state index contributed by atoms with van der Waals surface area (Å²) in [4.78, 5) is 2.75. The first-order valence-electron chi connectivity index (χ1n) is 10.5. The fourth-order valence-corrected chi connectivity index (χ4v) is 6.13. The molecule has 27 heavy (non-hydrogen) atoms. The second kappa shape index (κ2) is 6.14. The maximum absolute atomic E-state index is 6.45. The Balaban J connectivity index is 1.27. The molecule has 0 bridgehead atoms. The van der Waals surface area contributed by atoms with Crippen LogP contribution in [0.1, 0.15) is 74.7 Å². The molecule has 1 aliphatic heterocycles. The van der Waals surface area contributed by atoms with Crippen molar-refractivity contribution in [2.75, 3.05) is 6.54 Å². The highest BCUT2D eigenvalue weighted by Crippen LogP contribution is 2.72. The Bertz CT molecular complexity index is 820. The smallest absolute Gasteiger partial charge is 0.135 e. The molecule has 5 heteroatoms. The van der Waals surface area contributed by atoms with Gasteiger partial charge in [-0.15, -0.1) is 10.2 Å². The first-order chi connectivity index (χ1) is 13.0. The number of hydrogen-bond donors (Lipinski definition) is 1. The molecule has 2 heterocycles. The molecular weight excluding hydrogens is 334 g/mol. The van der Waals surface area contributed by atoms with Crippen LogP contribution in [-0.2, 0) is 0 Å². The van der Waals surface area contributed by atoms with Crippen molar-refractivity contribution in [1.82, 2.24) is 19.7 Å². The largest absolute Gasteiger partial charge is 0.324 e. The molecule has 5 atom stereocenters. The average molecular weight is 366 g/mol. The van der Waals surface area contributed by atoms with Crippen LogP contribution in [0.3, 0.4) is 0 Å². The van der Waals surface area contributed by atoms with E-state index in [9.17, 15) is 0 Å². The summed E-state index contributed by atoms with van der Waals surface area (Å²) < 4.78 is 2.47. The standard InChI is InChI=1S/C22H31N5/c1-14(2)21-25-24-15(3)27(21)20-13-19-22(20)11-9-18(22)26(19)12-10-17(23)16-7-5-4-6-8-16/h4-8,14,17-20H,9-13,23H2,1-3H3/t17-,18?,19?,20?,22?/m0/s1. The van der Waals surface area contributed by atoms with Crippen LogP contribution in [0.5, 0.6) is 0 Å². The van der Waals surface area contributed by atoms with Crippen molar-refractivity contribution >= 4 is 0 Å². The van der Waals surface area contributed by atoms with Gasteiger partial charge < -0.3 is 10.3 Å². The Hall–Kier alpha value is -1.72. The maximum Gasteiger partial charge on any atom is 0.135 e. The van der Waals surface area contributed by atoms with Crippen molar-refractivity contribution in [3.63, 3.8) is 0 Å². The van der Waals surface area contributed by atoms with Crippen LogP contribution >= 0.6 is 0 Å². The van der Waals surface area contributed by atoms with Crippen molar-refractivity contribution in [2.45, 2.75) is 76.5 Å². The molecule has 5 nitrogen and oxygen atoms in total. The van der Waals surface area contributed by atoms with E-state index in [2.05, 4.69) is 70.8 Å². The minimum Gasteiger partial charge on any atom is -0.324 e. The van der Waals surface area contributed by atoms with E-state index in [1.165, 1.54) is 30.7 Å². The summed E-state index contributed by atoms with van der Waals surface area (Å²) in [6.07, 6.45) is 4.99. The van der Waals surface area contributed by atoms with Crippen LogP contribution in [0.25, 0.3) is 0 Å². The molecule has 0 amide bonds. The predicted molar refractivity (Wildman–Crippen MR) is 106 cm³/mol. The lowest BCUT2D eigenvalue weighted by Gasteiger charge is -2.80. The van der Waals surface area contributed by atoms with Gasteiger partial charge in [0.05, 0.1) is 0 Å². The summed E-state index contributed by atoms with van der Waals surface area (Å²) in [5.41, 5.74) is 8.20. The molecule has 2 aliphatic carbocycles. The number of likely N-dealkylation sites (tertiary alicyclic amines) is 1. The van der Waals surface area contributed by atoms with Gasteiger partial charge >= 0.3 is 0 Å². The summed E-state index contributed by atoms with van der Waals surface area (Å²) in [5, 5.41) is 8.88. The van der Waals surface area contributed by atoms with Crippen LogP contribution in [-0.4, -0.2) is 38.3 Å². The lowest BCUT2D eigenvalue weighted by atomic mass is 9.40. The molecule has 0 radical (unpaired) electrons. The Kier molecular flexibility index (Phi) is 3.96. The fourth-order valence-electron chi connectivity index (χ4n) is 6.13. The van der Waals surface area contributed by atoms with Gasteiger partial charge in [0.25, 0.3) is 0 Å². The number of aromatic nitrogens is 3. The number of rotatable bonds is 6. The fraction of sp³-hybridized carbons (Fsp3) is 0.636. The van der Waals surface area contributed by atoms with E-state index in [1.54, 1.807) is 0 Å². The van der Waals surface area contributed by atoms with Crippen molar-refractivity contribution < 1.29 is 0 Å². The molecule has 144 valence electrons. The number of nitrogens with two attached hydrogens (primary N) is 1. The minimum absolute atomic E-state index is 0.143. The number of benzene rings is 1. The molecule has 2 N–H and O–H groups in total. The molecule has 5 rings (SSSR count). The molecule has 2 saturated carbocycles. The van der Waals surface area contributed by atoms with Gasteiger partial charge in [0.15, 0.2) is 0 Å². The summed E-state index contributed by atoms with van der Waals surface area (Å²) in [6, 6.07) is 12.8. The molecule has 1 spiro atoms. The number of hydrogen-bond acceptors (Lipinski definition) is 4. The van der Waals surface area contributed by atoms with Gasteiger partial charge in [-0.3, -0.25) is 4.90 Å². The molecule has 3 aliphatic rings. The Morgan fingerprint density at radius 3 is 2.56 bits per heavy atom. The van der Waals surface area contributed by atoms with Crippen LogP contribution in [0.15, 0.2) is 30.3 Å². The van der Waals surface area contributed by atoms with E-state index in [-0.39, 0.29) is 6.04 Å². The molecular formula is C22H31N5. The molecule has 1 aromatic carbocycles. The first-order valence-corrected chi connectivity index (χ1v) is 10.5. The number of nitrogens with zero attached hydrogens (tertiary/aromatic N) is 4. The molecule has 3 fully saturated rings. The Labute approximate surface area is 162 Å². The van der Waals surface area contributed by atoms with Crippen LogP contribution in [0.4, 0.5) is 0 Å². The highest BCUT2D eigenvalue weighted by molar-refractivity contribution is 5.30. The highest BCUT2D eigenvalue weighted by Gasteiger charge is 2.75. The lowest BCUT2D eigenvalue weighted by molar-refractivity contribution is -0.295. The monoisotopic (exact) mass is 365 g/mol. The zero-order valence-electron chi connectivity index (χ0n) is 16.7. The van der Waals surface area contributed by atoms with Crippen molar-refractivity contribution in [2.24, 2.45) is 11.1 Å². The van der Waals surface area contributed by atoms with E-state index in [0.717, 1.165) is 30.9 Å². The third-order valence-electron chi connectivity index (χ3n) is 7.61. The van der Waals surface area contributed by atoms with E-state index < -0.39 is 0 Å². The van der Waals surface area contributed by atoms with Crippen LogP contribution < -0.4 is 5.73 Å². The van der Waals surface area contributed by atoms with E-state index in [1.807, 2.05) is 0 Å². The van der Waals surface area contributed by atoms with Gasteiger partial charge in [0.1, 0.15) is 11.6 Å². The van der Waals surface area contributed by atoms with Crippen LogP contribution in [0.2, 0.25) is 0 Å². The third-order valence-corrected chi connectivity index (χ3v) is 7.61. The number of aryl methyl sites for hydroxylation is 1. The molecule has 4 unspecified atom stereocenters. The minimum atomic E-state index is 0.143. The molecule has 2 aromatic rings. The van der Waals surface area contributed by atoms with Gasteiger partial charge in [-0.2, -0.15) is 0 Å².